The normalized spacial score (nSPS) is 16.4. The van der Waals surface area contributed by atoms with Gasteiger partial charge in [-0.25, -0.2) is 26.6 Å². The second kappa shape index (κ2) is 9.70. The van der Waals surface area contributed by atoms with Crippen molar-refractivity contribution in [2.75, 3.05) is 26.2 Å². The molecule has 0 aliphatic carbocycles. The molecular formula is C19H19Cl2F5N4O. The first-order valence-corrected chi connectivity index (χ1v) is 10.1. The Morgan fingerprint density at radius 1 is 1.10 bits per heavy atom. The Labute approximate surface area is 185 Å². The van der Waals surface area contributed by atoms with Crippen LogP contribution in [-0.2, 0) is 11.3 Å². The van der Waals surface area contributed by atoms with Crippen molar-refractivity contribution in [3.63, 3.8) is 0 Å². The summed E-state index contributed by atoms with van der Waals surface area (Å²) >= 11 is 11.7. The number of benzene rings is 1. The van der Waals surface area contributed by atoms with E-state index in [1.165, 1.54) is 24.0 Å². The minimum absolute atomic E-state index is 0.294. The summed E-state index contributed by atoms with van der Waals surface area (Å²) in [5.74, 6) is -0.962. The first kappa shape index (κ1) is 23.7. The van der Waals surface area contributed by atoms with Crippen LogP contribution >= 0.6 is 23.2 Å². The second-order valence-corrected chi connectivity index (χ2v) is 7.93. The lowest BCUT2D eigenvalue weighted by Crippen LogP contribution is -2.50. The van der Waals surface area contributed by atoms with Crippen molar-refractivity contribution in [1.82, 2.24) is 19.6 Å². The van der Waals surface area contributed by atoms with Gasteiger partial charge in [0.15, 0.2) is 0 Å². The molecule has 170 valence electrons. The van der Waals surface area contributed by atoms with Crippen LogP contribution in [0.25, 0.3) is 0 Å². The number of nitrogens with zero attached hydrogens (tertiary/aromatic N) is 4. The van der Waals surface area contributed by atoms with Crippen molar-refractivity contribution < 1.29 is 26.7 Å². The lowest BCUT2D eigenvalue weighted by atomic mass is 10.2. The molecule has 1 amide bonds. The van der Waals surface area contributed by atoms with Crippen LogP contribution < -0.4 is 0 Å². The van der Waals surface area contributed by atoms with E-state index in [0.717, 1.165) is 5.56 Å². The SMILES string of the molecule is CC(C(=O)N1CCN(Cc2ccc(F)cc2Cl)CC1)n1nc(C(F)F)c(Cl)c1C(F)F. The number of hydrogen-bond donors (Lipinski definition) is 0. The standard InChI is InChI=1S/C19H19Cl2F5N4O/c1-10(30-16(18(25)26)14(21)15(27-30)17(23)24)19(31)29-6-4-28(5-7-29)9-11-2-3-12(22)8-13(11)20/h2-3,8,10,17-18H,4-7,9H2,1H3. The minimum atomic E-state index is -3.17. The minimum Gasteiger partial charge on any atom is -0.338 e. The van der Waals surface area contributed by atoms with Crippen LogP contribution in [0.3, 0.4) is 0 Å². The predicted molar refractivity (Wildman–Crippen MR) is 105 cm³/mol. The van der Waals surface area contributed by atoms with Crippen LogP contribution in [0.15, 0.2) is 18.2 Å². The van der Waals surface area contributed by atoms with Crippen molar-refractivity contribution in [2.45, 2.75) is 32.4 Å². The van der Waals surface area contributed by atoms with Gasteiger partial charge in [0, 0.05) is 37.7 Å². The number of amides is 1. The van der Waals surface area contributed by atoms with Crippen molar-refractivity contribution in [1.29, 1.82) is 0 Å². The highest BCUT2D eigenvalue weighted by molar-refractivity contribution is 6.32. The molecule has 12 heteroatoms. The Kier molecular flexibility index (Phi) is 7.43. The van der Waals surface area contributed by atoms with Crippen LogP contribution in [0.1, 0.15) is 42.8 Å². The van der Waals surface area contributed by atoms with Gasteiger partial charge in [0.05, 0.1) is 5.02 Å². The zero-order chi connectivity index (χ0) is 22.9. The lowest BCUT2D eigenvalue weighted by Gasteiger charge is -2.36. The average Bonchev–Trinajstić information content (AvgIpc) is 3.07. The molecule has 1 saturated heterocycles. The number of carbonyl (C=O) groups is 1. The number of alkyl halides is 4. The average molecular weight is 485 g/mol. The molecule has 1 atom stereocenters. The fourth-order valence-corrected chi connectivity index (χ4v) is 3.98. The fourth-order valence-electron chi connectivity index (χ4n) is 3.46. The maximum absolute atomic E-state index is 13.4. The third-order valence-electron chi connectivity index (χ3n) is 5.14. The van der Waals surface area contributed by atoms with E-state index in [1.54, 1.807) is 6.07 Å². The molecule has 5 nitrogen and oxygen atoms in total. The van der Waals surface area contributed by atoms with E-state index < -0.39 is 47.0 Å². The Morgan fingerprint density at radius 2 is 1.74 bits per heavy atom. The summed E-state index contributed by atoms with van der Waals surface area (Å²) in [6.45, 7) is 3.30. The number of hydrogen-bond acceptors (Lipinski definition) is 3. The summed E-state index contributed by atoms with van der Waals surface area (Å²) in [6, 6.07) is 2.89. The smallest absolute Gasteiger partial charge is 0.283 e. The van der Waals surface area contributed by atoms with Gasteiger partial charge in [0.25, 0.3) is 12.9 Å². The molecule has 3 rings (SSSR count). The van der Waals surface area contributed by atoms with E-state index in [0.29, 0.717) is 42.4 Å². The Morgan fingerprint density at radius 3 is 2.29 bits per heavy atom. The number of rotatable bonds is 6. The molecule has 0 bridgehead atoms. The Balaban J connectivity index is 1.67. The summed E-state index contributed by atoms with van der Waals surface area (Å²) in [4.78, 5) is 16.3. The molecule has 2 aromatic rings. The quantitative estimate of drug-likeness (QED) is 0.535. The lowest BCUT2D eigenvalue weighted by molar-refractivity contribution is -0.136. The predicted octanol–water partition coefficient (Wildman–Crippen LogP) is 5.11. The Hall–Kier alpha value is -1.91. The van der Waals surface area contributed by atoms with E-state index in [2.05, 4.69) is 5.10 Å². The zero-order valence-corrected chi connectivity index (χ0v) is 17.9. The van der Waals surface area contributed by atoms with Crippen molar-refractivity contribution >= 4 is 29.1 Å². The van der Waals surface area contributed by atoms with Crippen LogP contribution in [0.2, 0.25) is 10.0 Å². The van der Waals surface area contributed by atoms with Gasteiger partial charge in [-0.05, 0) is 24.6 Å². The second-order valence-electron chi connectivity index (χ2n) is 7.14. The van der Waals surface area contributed by atoms with Gasteiger partial charge >= 0.3 is 0 Å². The summed E-state index contributed by atoms with van der Waals surface area (Å²) in [5.41, 5.74) is -1.14. The topological polar surface area (TPSA) is 41.4 Å². The van der Waals surface area contributed by atoms with E-state index >= 15 is 0 Å². The summed E-state index contributed by atoms with van der Waals surface area (Å²) in [5, 5.41) is 2.96. The first-order chi connectivity index (χ1) is 14.6. The van der Waals surface area contributed by atoms with Crippen LogP contribution in [0, 0.1) is 5.82 Å². The maximum atomic E-state index is 13.4. The number of piperazine rings is 1. The highest BCUT2D eigenvalue weighted by Crippen LogP contribution is 2.36. The maximum Gasteiger partial charge on any atom is 0.283 e. The van der Waals surface area contributed by atoms with Crippen LogP contribution in [-0.4, -0.2) is 51.7 Å². The molecule has 1 fully saturated rings. The number of carbonyl (C=O) groups excluding carboxylic acids is 1. The van der Waals surface area contributed by atoms with Gasteiger partial charge in [-0.2, -0.15) is 5.10 Å². The van der Waals surface area contributed by atoms with Gasteiger partial charge in [-0.1, -0.05) is 29.3 Å². The molecule has 1 unspecified atom stereocenters. The van der Waals surface area contributed by atoms with Crippen LogP contribution in [0.5, 0.6) is 0 Å². The molecule has 0 spiro atoms. The van der Waals surface area contributed by atoms with Gasteiger partial charge in [0.2, 0.25) is 5.91 Å². The summed E-state index contributed by atoms with van der Waals surface area (Å²) < 4.78 is 66.6. The van der Waals surface area contributed by atoms with Gasteiger partial charge in [-0.3, -0.25) is 9.69 Å². The van der Waals surface area contributed by atoms with E-state index in [9.17, 15) is 26.7 Å². The molecule has 1 aliphatic heterocycles. The van der Waals surface area contributed by atoms with Crippen molar-refractivity contribution in [2.24, 2.45) is 0 Å². The van der Waals surface area contributed by atoms with Crippen LogP contribution in [0.4, 0.5) is 22.0 Å². The van der Waals surface area contributed by atoms with Gasteiger partial charge in [-0.15, -0.1) is 0 Å². The Bertz CT molecular complexity index is 948. The van der Waals surface area contributed by atoms with E-state index in [4.69, 9.17) is 23.2 Å². The largest absolute Gasteiger partial charge is 0.338 e. The van der Waals surface area contributed by atoms with Crippen molar-refractivity contribution in [3.8, 4) is 0 Å². The van der Waals surface area contributed by atoms with Gasteiger partial charge in [0.1, 0.15) is 23.2 Å². The fraction of sp³-hybridized carbons (Fsp3) is 0.474. The molecule has 0 saturated carbocycles. The monoisotopic (exact) mass is 484 g/mol. The van der Waals surface area contributed by atoms with Crippen molar-refractivity contribution in [3.05, 3.63) is 51.0 Å². The third kappa shape index (κ3) is 5.12. The summed E-state index contributed by atoms with van der Waals surface area (Å²) in [7, 11) is 0. The molecule has 31 heavy (non-hydrogen) atoms. The first-order valence-electron chi connectivity index (χ1n) is 9.39. The summed E-state index contributed by atoms with van der Waals surface area (Å²) in [6.07, 6.45) is -6.31. The highest BCUT2D eigenvalue weighted by Gasteiger charge is 2.34. The molecule has 1 aliphatic rings. The van der Waals surface area contributed by atoms with E-state index in [-0.39, 0.29) is 0 Å². The third-order valence-corrected chi connectivity index (χ3v) is 5.88. The zero-order valence-electron chi connectivity index (χ0n) is 16.3. The molecule has 1 aromatic carbocycles. The number of halogens is 7. The van der Waals surface area contributed by atoms with E-state index in [1.807, 2.05) is 4.90 Å². The highest BCUT2D eigenvalue weighted by atomic mass is 35.5. The number of aromatic nitrogens is 2. The molecule has 0 radical (unpaired) electrons. The molecule has 1 aromatic heterocycles. The molecule has 2 heterocycles. The van der Waals surface area contributed by atoms with Gasteiger partial charge < -0.3 is 4.90 Å². The molecule has 0 N–H and O–H groups in total. The molecular weight excluding hydrogens is 466 g/mol.